The first kappa shape index (κ1) is 24.4. The van der Waals surface area contributed by atoms with Crippen molar-refractivity contribution in [1.29, 1.82) is 0 Å². The fourth-order valence-corrected chi connectivity index (χ4v) is 4.68. The van der Waals surface area contributed by atoms with Crippen LogP contribution in [0.2, 0.25) is 5.02 Å². The van der Waals surface area contributed by atoms with Crippen LogP contribution in [0, 0.1) is 0 Å². The summed E-state index contributed by atoms with van der Waals surface area (Å²) in [4.78, 5) is 15.0. The van der Waals surface area contributed by atoms with Gasteiger partial charge >= 0.3 is 0 Å². The number of halogens is 3. The van der Waals surface area contributed by atoms with E-state index in [0.717, 1.165) is 0 Å². The molecule has 0 aliphatic carbocycles. The van der Waals surface area contributed by atoms with Gasteiger partial charge in [-0.1, -0.05) is 17.7 Å². The molecule has 1 aromatic carbocycles. The molecule has 3 heterocycles. The Hall–Kier alpha value is -3.71. The SMILES string of the molecule is COc1nc(NS(=O)(=O)c2c[nH]c3c(-c4ccccn4)c(Cl)ccc23)nc(OC)c1OCC(F)F. The minimum Gasteiger partial charge on any atom is -0.478 e. The third-order valence-electron chi connectivity index (χ3n) is 4.75. The minimum absolute atomic E-state index is 0.110. The maximum atomic E-state index is 13.2. The second-order valence-corrected chi connectivity index (χ2v) is 8.97. The number of rotatable bonds is 9. The van der Waals surface area contributed by atoms with Gasteiger partial charge in [0.1, 0.15) is 11.5 Å². The van der Waals surface area contributed by atoms with E-state index in [2.05, 4.69) is 24.7 Å². The fraction of sp³-hybridized carbons (Fsp3) is 0.190. The number of hydrogen-bond donors (Lipinski definition) is 2. The van der Waals surface area contributed by atoms with Gasteiger partial charge in [0.05, 0.1) is 30.5 Å². The number of hydrogen-bond acceptors (Lipinski definition) is 8. The average Bonchev–Trinajstić information content (AvgIpc) is 3.27. The van der Waals surface area contributed by atoms with Crippen LogP contribution in [0.5, 0.6) is 17.5 Å². The largest absolute Gasteiger partial charge is 0.478 e. The summed E-state index contributed by atoms with van der Waals surface area (Å²) in [7, 11) is -1.83. The van der Waals surface area contributed by atoms with E-state index >= 15 is 0 Å². The van der Waals surface area contributed by atoms with E-state index in [4.69, 9.17) is 25.8 Å². The first-order valence-corrected chi connectivity index (χ1v) is 11.8. The molecule has 0 unspecified atom stereocenters. The number of benzene rings is 1. The maximum Gasteiger partial charge on any atom is 0.272 e. The van der Waals surface area contributed by atoms with Crippen molar-refractivity contribution in [2.75, 3.05) is 25.5 Å². The Bertz CT molecular complexity index is 1440. The number of aromatic amines is 1. The van der Waals surface area contributed by atoms with Crippen molar-refractivity contribution in [3.05, 3.63) is 47.7 Å². The highest BCUT2D eigenvalue weighted by Crippen LogP contribution is 2.38. The van der Waals surface area contributed by atoms with E-state index in [1.54, 1.807) is 36.5 Å². The van der Waals surface area contributed by atoms with Crippen LogP contribution in [-0.2, 0) is 10.0 Å². The van der Waals surface area contributed by atoms with E-state index in [9.17, 15) is 17.2 Å². The van der Waals surface area contributed by atoms with Crippen molar-refractivity contribution in [3.63, 3.8) is 0 Å². The summed E-state index contributed by atoms with van der Waals surface area (Å²) in [6, 6.07) is 8.40. The highest BCUT2D eigenvalue weighted by molar-refractivity contribution is 7.93. The standard InChI is InChI=1S/C21H18ClF2N5O5S/c1-32-19-18(34-10-15(23)24)20(33-2)28-21(27-19)29-35(30,31)14-9-26-17-11(14)6-7-12(22)16(17)13-5-3-4-8-25-13/h3-9,15,26H,10H2,1-2H3,(H,27,28,29). The lowest BCUT2D eigenvalue weighted by Gasteiger charge is -2.14. The maximum absolute atomic E-state index is 13.2. The van der Waals surface area contributed by atoms with Gasteiger partial charge in [-0.05, 0) is 24.3 Å². The lowest BCUT2D eigenvalue weighted by molar-refractivity contribution is 0.0781. The Morgan fingerprint density at radius 1 is 1.11 bits per heavy atom. The van der Waals surface area contributed by atoms with Crippen LogP contribution in [0.3, 0.4) is 0 Å². The molecule has 0 spiro atoms. The summed E-state index contributed by atoms with van der Waals surface area (Å²) in [5.41, 5.74) is 1.55. The van der Waals surface area contributed by atoms with Crippen molar-refractivity contribution in [2.24, 2.45) is 0 Å². The molecule has 4 aromatic rings. The Morgan fingerprint density at radius 3 is 2.43 bits per heavy atom. The van der Waals surface area contributed by atoms with Crippen molar-refractivity contribution in [1.82, 2.24) is 19.9 Å². The number of alkyl halides is 2. The summed E-state index contributed by atoms with van der Waals surface area (Å²) in [6.07, 6.45) is 0.123. The molecule has 0 radical (unpaired) electrons. The zero-order valence-corrected chi connectivity index (χ0v) is 19.8. The molecule has 0 saturated heterocycles. The Balaban J connectivity index is 1.74. The van der Waals surface area contributed by atoms with Crippen LogP contribution in [0.15, 0.2) is 47.6 Å². The molecule has 2 N–H and O–H groups in total. The normalized spacial score (nSPS) is 11.6. The molecule has 0 saturated carbocycles. The van der Waals surface area contributed by atoms with Gasteiger partial charge < -0.3 is 19.2 Å². The quantitative estimate of drug-likeness (QED) is 0.334. The average molecular weight is 526 g/mol. The summed E-state index contributed by atoms with van der Waals surface area (Å²) in [5.74, 6) is -1.30. The summed E-state index contributed by atoms with van der Waals surface area (Å²) in [5, 5.41) is 0.727. The lowest BCUT2D eigenvalue weighted by Crippen LogP contribution is -2.16. The number of nitrogens with one attached hydrogen (secondary N) is 2. The predicted molar refractivity (Wildman–Crippen MR) is 124 cm³/mol. The smallest absolute Gasteiger partial charge is 0.272 e. The number of pyridine rings is 1. The van der Waals surface area contributed by atoms with Gasteiger partial charge in [0.15, 0.2) is 0 Å². The van der Waals surface area contributed by atoms with Crippen LogP contribution in [0.1, 0.15) is 0 Å². The number of methoxy groups -OCH3 is 2. The monoisotopic (exact) mass is 525 g/mol. The molecule has 0 atom stereocenters. The van der Waals surface area contributed by atoms with Crippen molar-refractivity contribution < 1.29 is 31.4 Å². The van der Waals surface area contributed by atoms with Gasteiger partial charge in [-0.25, -0.2) is 21.9 Å². The number of nitrogens with zero attached hydrogens (tertiary/aromatic N) is 3. The molecule has 10 nitrogen and oxygen atoms in total. The number of H-pyrrole nitrogens is 1. The lowest BCUT2D eigenvalue weighted by atomic mass is 10.1. The van der Waals surface area contributed by atoms with Crippen molar-refractivity contribution in [2.45, 2.75) is 11.3 Å². The number of aromatic nitrogens is 4. The van der Waals surface area contributed by atoms with Crippen molar-refractivity contribution in [3.8, 4) is 28.8 Å². The van der Waals surface area contributed by atoms with E-state index in [1.165, 1.54) is 20.4 Å². The fourth-order valence-electron chi connectivity index (χ4n) is 3.31. The predicted octanol–water partition coefficient (Wildman–Crippen LogP) is 4.14. The second kappa shape index (κ2) is 9.88. The van der Waals surface area contributed by atoms with E-state index in [-0.39, 0.29) is 22.4 Å². The third kappa shape index (κ3) is 4.91. The molecular formula is C21H18ClF2N5O5S. The molecule has 0 aliphatic rings. The highest BCUT2D eigenvalue weighted by Gasteiger charge is 2.26. The zero-order chi connectivity index (χ0) is 25.2. The van der Waals surface area contributed by atoms with Crippen molar-refractivity contribution >= 4 is 38.5 Å². The Labute approximate surface area is 203 Å². The first-order valence-electron chi connectivity index (χ1n) is 9.90. The van der Waals surface area contributed by atoms with Gasteiger partial charge in [-0.2, -0.15) is 9.97 Å². The molecule has 0 aliphatic heterocycles. The topological polar surface area (TPSA) is 128 Å². The molecule has 0 fully saturated rings. The van der Waals surface area contributed by atoms with Crippen LogP contribution in [0.25, 0.3) is 22.2 Å². The van der Waals surface area contributed by atoms with Gasteiger partial charge in [0.25, 0.3) is 28.2 Å². The van der Waals surface area contributed by atoms with Gasteiger partial charge in [0, 0.05) is 23.3 Å². The zero-order valence-electron chi connectivity index (χ0n) is 18.3. The van der Waals surface area contributed by atoms with E-state index < -0.39 is 29.0 Å². The van der Waals surface area contributed by atoms with Gasteiger partial charge in [0.2, 0.25) is 11.7 Å². The Morgan fingerprint density at radius 2 is 1.83 bits per heavy atom. The number of ether oxygens (including phenoxy) is 3. The van der Waals surface area contributed by atoms with Gasteiger partial charge in [-0.15, -0.1) is 0 Å². The van der Waals surface area contributed by atoms with Crippen LogP contribution in [0.4, 0.5) is 14.7 Å². The van der Waals surface area contributed by atoms with Gasteiger partial charge in [-0.3, -0.25) is 4.98 Å². The molecule has 184 valence electrons. The van der Waals surface area contributed by atoms with Crippen LogP contribution >= 0.6 is 11.6 Å². The molecule has 35 heavy (non-hydrogen) atoms. The molecule has 14 heteroatoms. The molecule has 4 rings (SSSR count). The number of anilines is 1. The van der Waals surface area contributed by atoms with Crippen LogP contribution < -0.4 is 18.9 Å². The summed E-state index contributed by atoms with van der Waals surface area (Å²) >= 11 is 6.39. The van der Waals surface area contributed by atoms with E-state index in [0.29, 0.717) is 27.2 Å². The minimum atomic E-state index is -4.24. The highest BCUT2D eigenvalue weighted by atomic mass is 35.5. The second-order valence-electron chi connectivity index (χ2n) is 6.92. The summed E-state index contributed by atoms with van der Waals surface area (Å²) in [6.45, 7) is -0.961. The van der Waals surface area contributed by atoms with Crippen LogP contribution in [-0.4, -0.2) is 55.6 Å². The van der Waals surface area contributed by atoms with E-state index in [1.807, 2.05) is 0 Å². The number of sulfonamides is 1. The number of fused-ring (bicyclic) bond motifs is 1. The third-order valence-corrected chi connectivity index (χ3v) is 6.43. The molecular weight excluding hydrogens is 508 g/mol. The molecule has 0 bridgehead atoms. The summed E-state index contributed by atoms with van der Waals surface area (Å²) < 4.78 is 69.0. The Kier molecular flexibility index (Phi) is 6.89. The molecule has 3 aromatic heterocycles. The molecule has 0 amide bonds. The first-order chi connectivity index (χ1) is 16.7.